The Kier molecular flexibility index (Phi) is 20.8. The van der Waals surface area contributed by atoms with Crippen LogP contribution in [0.3, 0.4) is 0 Å². The number of hydrogen-bond acceptors (Lipinski definition) is 9. The van der Waals surface area contributed by atoms with Gasteiger partial charge in [0, 0.05) is 10.6 Å². The minimum atomic E-state index is 0. The van der Waals surface area contributed by atoms with Crippen molar-refractivity contribution in [2.75, 3.05) is 11.5 Å². The molecule has 6 nitrogen and oxygen atoms in total. The molecule has 0 saturated heterocycles. The molecule has 12 heteroatoms. The Balaban J connectivity index is -0.000000381. The molecule has 4 rings (SSSR count). The van der Waals surface area contributed by atoms with E-state index in [0.29, 0.717) is 19.6 Å². The molecule has 2 aromatic rings. The van der Waals surface area contributed by atoms with Crippen molar-refractivity contribution < 1.29 is 31.0 Å². The van der Waals surface area contributed by atoms with Crippen LogP contribution in [0.1, 0.15) is 80.5 Å². The molecule has 0 radical (unpaired) electrons. The van der Waals surface area contributed by atoms with Crippen molar-refractivity contribution in [1.82, 2.24) is 20.4 Å². The van der Waals surface area contributed by atoms with E-state index in [1.807, 2.05) is 11.8 Å². The molecule has 0 amide bonds. The summed E-state index contributed by atoms with van der Waals surface area (Å²) in [5.41, 5.74) is 10.7. The quantitative estimate of drug-likeness (QED) is 0.307. The fourth-order valence-electron chi connectivity index (χ4n) is 2.89. The second-order valence-corrected chi connectivity index (χ2v) is 11.3. The zero-order valence-corrected chi connectivity index (χ0v) is 22.3. The summed E-state index contributed by atoms with van der Waals surface area (Å²) in [4.78, 5) is 0. The number of nitrogens with one attached hydrogen (secondary N) is 1. The van der Waals surface area contributed by atoms with Crippen LogP contribution in [0.4, 0.5) is 10.3 Å². The number of nitrogens with zero attached hydrogens (tertiary/aromatic N) is 3. The third-order valence-electron chi connectivity index (χ3n) is 4.23. The van der Waals surface area contributed by atoms with E-state index in [-0.39, 0.29) is 45.8 Å². The number of aromatic amines is 1. The molecule has 0 unspecified atom stereocenters. The van der Waals surface area contributed by atoms with Gasteiger partial charge in [-0.2, -0.15) is 0 Å². The van der Waals surface area contributed by atoms with E-state index in [1.165, 1.54) is 86.9 Å². The molecule has 5 N–H and O–H groups in total. The molecule has 0 aromatic carbocycles. The number of aromatic nitrogens is 4. The number of nitrogens with two attached hydrogens (primary N) is 2. The number of H-pyrrole nitrogens is 1. The van der Waals surface area contributed by atoms with Crippen LogP contribution in [-0.4, -0.2) is 31.0 Å². The molecule has 0 atom stereocenters. The maximum Gasteiger partial charge on any atom is 1.00 e. The van der Waals surface area contributed by atoms with Crippen molar-refractivity contribution in [3.8, 4) is 0 Å². The molecular weight excluding hydrogens is 487 g/mol. The largest absolute Gasteiger partial charge is 1.00 e. The molecule has 0 aliphatic heterocycles. The molecule has 2 aliphatic rings. The van der Waals surface area contributed by atoms with E-state index in [2.05, 4.69) is 32.6 Å². The first-order valence-electron chi connectivity index (χ1n) is 9.23. The van der Waals surface area contributed by atoms with Crippen LogP contribution in [0.25, 0.3) is 0 Å². The van der Waals surface area contributed by atoms with Crippen molar-refractivity contribution in [2.45, 2.75) is 94.0 Å². The van der Waals surface area contributed by atoms with Gasteiger partial charge in [-0.05, 0) is 37.9 Å². The Labute approximate surface area is 227 Å². The summed E-state index contributed by atoms with van der Waals surface area (Å²) in [5.74, 6) is 0. The number of thioether (sulfide) groups is 1. The molecule has 170 valence electrons. The second-order valence-electron chi connectivity index (χ2n) is 6.47. The van der Waals surface area contributed by atoms with E-state index in [1.54, 1.807) is 0 Å². The fraction of sp³-hybridized carbons (Fsp3) is 0.778. The maximum absolute atomic E-state index is 5.82. The van der Waals surface area contributed by atoms with Crippen molar-refractivity contribution in [3.05, 3.63) is 3.95 Å². The number of rotatable bonds is 2. The van der Waals surface area contributed by atoms with Gasteiger partial charge in [-0.25, -0.2) is 0 Å². The molecule has 0 spiro atoms. The normalized spacial score (nSPS) is 16.3. The predicted octanol–water partition coefficient (Wildman–Crippen LogP) is 4.27. The first-order valence-corrected chi connectivity index (χ1v) is 12.6. The van der Waals surface area contributed by atoms with E-state index in [0.717, 1.165) is 9.59 Å². The van der Waals surface area contributed by atoms with Gasteiger partial charge in [0.05, 0.1) is 0 Å². The minimum Gasteiger partial charge on any atom is -1.00 e. The number of nitrogen functional groups attached to an aromatic ring is 2. The third kappa shape index (κ3) is 14.6. The van der Waals surface area contributed by atoms with Gasteiger partial charge in [0.1, 0.15) is 0 Å². The van der Waals surface area contributed by atoms with Crippen LogP contribution in [0.2, 0.25) is 0 Å². The van der Waals surface area contributed by atoms with E-state index in [4.69, 9.17) is 23.1 Å². The van der Waals surface area contributed by atoms with Gasteiger partial charge in [0.15, 0.2) is 8.29 Å². The van der Waals surface area contributed by atoms with Crippen molar-refractivity contribution in [2.24, 2.45) is 0 Å². The second kappa shape index (κ2) is 19.1. The molecule has 2 heterocycles. The smallest absolute Gasteiger partial charge is 1.00 e. The van der Waals surface area contributed by atoms with Crippen molar-refractivity contribution in [3.63, 3.8) is 0 Å². The molecule has 2 saturated carbocycles. The summed E-state index contributed by atoms with van der Waals surface area (Å²) in [7, 11) is 0. The van der Waals surface area contributed by atoms with Crippen LogP contribution < -0.4 is 41.0 Å². The maximum atomic E-state index is 5.82. The number of alkyl halides is 1. The number of halogens is 1. The average molecular weight is 523 g/mol. The van der Waals surface area contributed by atoms with Crippen LogP contribution >= 0.6 is 58.3 Å². The van der Waals surface area contributed by atoms with Gasteiger partial charge in [-0.3, -0.25) is 5.10 Å². The Morgan fingerprint density at radius 3 is 1.83 bits per heavy atom. The zero-order chi connectivity index (χ0) is 19.5. The van der Waals surface area contributed by atoms with Gasteiger partial charge in [0.2, 0.25) is 10.3 Å². The summed E-state index contributed by atoms with van der Waals surface area (Å²) >= 11 is 15.1. The summed E-state index contributed by atoms with van der Waals surface area (Å²) in [5, 5.41) is 16.3. The summed E-state index contributed by atoms with van der Waals surface area (Å²) in [6.07, 6.45) is 13.4. The molecule has 2 aromatic heterocycles. The first-order chi connectivity index (χ1) is 13.0. The standard InChI is InChI=1S/C8H13N3S2.C6H11Cl.C2H3N3S2.2CH4.Na.H/c9-7-10-11-8(13-7)12-6-4-2-1-3-5-6;7-6-4-2-1-3-5-6;3-1-4-5-2(6)7-1;;;;/h6H,1-5H2,(H2,9,10);6H,1-5H2;(H2,3,4)(H,5,6);2*1H4;;/q;;;;;+1;-1. The SMILES string of the molecule is C.C.ClC1CCCCC1.Nc1n[nH]c(=S)s1.Nc1nnc(SC2CCCCC2)s1.[H-].[Na+]. The summed E-state index contributed by atoms with van der Waals surface area (Å²) in [6, 6.07) is 0. The molecule has 2 fully saturated rings. The van der Waals surface area contributed by atoms with Gasteiger partial charge < -0.3 is 12.9 Å². The predicted molar refractivity (Wildman–Crippen MR) is 136 cm³/mol. The number of hydrogen-bond donors (Lipinski definition) is 3. The molecule has 30 heavy (non-hydrogen) atoms. The van der Waals surface area contributed by atoms with E-state index >= 15 is 0 Å². The van der Waals surface area contributed by atoms with Gasteiger partial charge in [-0.15, -0.1) is 26.9 Å². The van der Waals surface area contributed by atoms with E-state index in [9.17, 15) is 0 Å². The van der Waals surface area contributed by atoms with Crippen molar-refractivity contribution in [1.29, 1.82) is 0 Å². The van der Waals surface area contributed by atoms with Crippen LogP contribution in [0.5, 0.6) is 0 Å². The first kappa shape index (κ1) is 32.8. The molecule has 2 aliphatic carbocycles. The van der Waals surface area contributed by atoms with Crippen LogP contribution in [0, 0.1) is 3.95 Å². The average Bonchev–Trinajstić information content (AvgIpc) is 3.25. The minimum absolute atomic E-state index is 0. The topological polar surface area (TPSA) is 106 Å². The molecular formula is C18H36ClN6NaS4. The van der Waals surface area contributed by atoms with Gasteiger partial charge in [-0.1, -0.05) is 87.8 Å². The molecule has 0 bridgehead atoms. The fourth-order valence-corrected chi connectivity index (χ4v) is 6.01. The van der Waals surface area contributed by atoms with Gasteiger partial charge >= 0.3 is 29.6 Å². The summed E-state index contributed by atoms with van der Waals surface area (Å²) in [6.45, 7) is 0. The Bertz CT molecular complexity index is 705. The van der Waals surface area contributed by atoms with E-state index < -0.39 is 0 Å². The van der Waals surface area contributed by atoms with Gasteiger partial charge in [0.25, 0.3) is 0 Å². The van der Waals surface area contributed by atoms with Crippen LogP contribution in [-0.2, 0) is 0 Å². The van der Waals surface area contributed by atoms with Crippen molar-refractivity contribution >= 4 is 68.5 Å². The number of anilines is 2. The Hall–Kier alpha value is 0.580. The zero-order valence-electron chi connectivity index (χ0n) is 17.2. The van der Waals surface area contributed by atoms with Crippen LogP contribution in [0.15, 0.2) is 4.34 Å². The third-order valence-corrected chi connectivity index (χ3v) is 7.76. The monoisotopic (exact) mass is 522 g/mol. The summed E-state index contributed by atoms with van der Waals surface area (Å²) < 4.78 is 1.65. The Morgan fingerprint density at radius 1 is 0.933 bits per heavy atom. The Morgan fingerprint density at radius 2 is 1.50 bits per heavy atom.